The Labute approximate surface area is 104 Å². The zero-order valence-electron chi connectivity index (χ0n) is 9.07. The third kappa shape index (κ3) is 1.21. The quantitative estimate of drug-likeness (QED) is 0.898. The van der Waals surface area contributed by atoms with Crippen LogP contribution >= 0.6 is 15.9 Å². The lowest BCUT2D eigenvalue weighted by Gasteiger charge is -2.12. The summed E-state index contributed by atoms with van der Waals surface area (Å²) in [5, 5.41) is 3.70. The summed E-state index contributed by atoms with van der Waals surface area (Å²) in [7, 11) is 0. The van der Waals surface area contributed by atoms with Crippen LogP contribution in [0.2, 0.25) is 0 Å². The van der Waals surface area contributed by atoms with Crippen LogP contribution < -0.4 is 5.32 Å². The van der Waals surface area contributed by atoms with Crippen molar-refractivity contribution in [1.82, 2.24) is 4.98 Å². The van der Waals surface area contributed by atoms with Crippen LogP contribution in [0.1, 0.15) is 19.3 Å². The van der Waals surface area contributed by atoms with Gasteiger partial charge in [0.05, 0.1) is 10.2 Å². The van der Waals surface area contributed by atoms with E-state index in [1.54, 1.807) is 0 Å². The zero-order valence-corrected chi connectivity index (χ0v) is 10.7. The monoisotopic (exact) mass is 278 g/mol. The van der Waals surface area contributed by atoms with Gasteiger partial charge in [-0.2, -0.15) is 0 Å². The van der Waals surface area contributed by atoms with Gasteiger partial charge < -0.3 is 5.32 Å². The van der Waals surface area contributed by atoms with Crippen molar-refractivity contribution in [3.63, 3.8) is 0 Å². The van der Waals surface area contributed by atoms with E-state index < -0.39 is 0 Å². The molecule has 0 radical (unpaired) electrons. The summed E-state index contributed by atoms with van der Waals surface area (Å²) in [5.41, 5.74) is 1.22. The van der Waals surface area contributed by atoms with Crippen LogP contribution in [0.15, 0.2) is 22.9 Å². The highest BCUT2D eigenvalue weighted by Crippen LogP contribution is 2.66. The number of nitrogens with zero attached hydrogens (tertiary/aromatic N) is 1. The molecule has 3 fully saturated rings. The number of rotatable bonds is 2. The Kier molecular flexibility index (Phi) is 1.90. The molecule has 1 aromatic rings. The van der Waals surface area contributed by atoms with E-state index in [-0.39, 0.29) is 0 Å². The highest BCUT2D eigenvalue weighted by molar-refractivity contribution is 9.10. The average Bonchev–Trinajstić information content (AvgIpc) is 2.71. The Balaban J connectivity index is 1.53. The van der Waals surface area contributed by atoms with Crippen LogP contribution in [0.5, 0.6) is 0 Å². The van der Waals surface area contributed by atoms with Gasteiger partial charge >= 0.3 is 0 Å². The molecule has 0 amide bonds. The van der Waals surface area contributed by atoms with Crippen molar-refractivity contribution in [2.75, 3.05) is 5.32 Å². The number of anilines is 1. The van der Waals surface area contributed by atoms with Crippen LogP contribution in [0.3, 0.4) is 0 Å². The Bertz CT molecular complexity index is 418. The van der Waals surface area contributed by atoms with E-state index in [1.165, 1.54) is 24.9 Å². The molecule has 0 saturated heterocycles. The predicted octanol–water partition coefficient (Wildman–Crippen LogP) is 3.30. The number of nitrogens with one attached hydrogen (secondary N) is 1. The van der Waals surface area contributed by atoms with Crippen LogP contribution in [0.25, 0.3) is 0 Å². The van der Waals surface area contributed by atoms with Crippen molar-refractivity contribution in [3.8, 4) is 0 Å². The first-order chi connectivity index (χ1) is 7.84. The topological polar surface area (TPSA) is 24.9 Å². The first kappa shape index (κ1) is 9.46. The zero-order chi connectivity index (χ0) is 10.7. The summed E-state index contributed by atoms with van der Waals surface area (Å²) in [6.45, 7) is 0. The number of fused-ring (bicyclic) bond motifs is 5. The molecule has 3 heteroatoms. The highest BCUT2D eigenvalue weighted by Gasteiger charge is 2.65. The lowest BCUT2D eigenvalue weighted by molar-refractivity contribution is 0.456. The molecule has 2 bridgehead atoms. The van der Waals surface area contributed by atoms with Gasteiger partial charge in [-0.05, 0) is 64.9 Å². The molecule has 4 atom stereocenters. The van der Waals surface area contributed by atoms with E-state index in [9.17, 15) is 0 Å². The molecule has 1 N–H and O–H groups in total. The van der Waals surface area contributed by atoms with Crippen molar-refractivity contribution in [3.05, 3.63) is 22.9 Å². The van der Waals surface area contributed by atoms with Crippen LogP contribution in [-0.4, -0.2) is 11.0 Å². The summed E-state index contributed by atoms with van der Waals surface area (Å²) >= 11 is 3.55. The fraction of sp³-hybridized carbons (Fsp3) is 0.615. The lowest BCUT2D eigenvalue weighted by Crippen LogP contribution is -2.13. The molecule has 3 aliphatic rings. The van der Waals surface area contributed by atoms with E-state index in [2.05, 4.69) is 32.3 Å². The van der Waals surface area contributed by atoms with Crippen molar-refractivity contribution < 1.29 is 0 Å². The molecule has 4 unspecified atom stereocenters. The predicted molar refractivity (Wildman–Crippen MR) is 67.2 cm³/mol. The van der Waals surface area contributed by atoms with Gasteiger partial charge in [-0.1, -0.05) is 0 Å². The van der Waals surface area contributed by atoms with E-state index in [1.807, 2.05) is 12.4 Å². The van der Waals surface area contributed by atoms with E-state index in [4.69, 9.17) is 0 Å². The van der Waals surface area contributed by atoms with Gasteiger partial charge in [-0.25, -0.2) is 0 Å². The molecule has 0 aromatic carbocycles. The molecular weight excluding hydrogens is 264 g/mol. The van der Waals surface area contributed by atoms with Crippen LogP contribution in [0.4, 0.5) is 5.69 Å². The fourth-order valence-electron chi connectivity index (χ4n) is 4.19. The number of halogens is 1. The second-order valence-electron chi connectivity index (χ2n) is 5.51. The molecule has 4 rings (SSSR count). The highest BCUT2D eigenvalue weighted by atomic mass is 79.9. The summed E-state index contributed by atoms with van der Waals surface area (Å²) in [4.78, 5) is 4.10. The van der Waals surface area contributed by atoms with Crippen molar-refractivity contribution >= 4 is 21.6 Å². The molecule has 1 heterocycles. The maximum Gasteiger partial charge on any atom is 0.0590 e. The van der Waals surface area contributed by atoms with E-state index in [0.29, 0.717) is 0 Å². The minimum atomic E-state index is 0.755. The molecular formula is C13H15BrN2. The Morgan fingerprint density at radius 2 is 2.00 bits per heavy atom. The second-order valence-corrected chi connectivity index (χ2v) is 6.37. The molecule has 0 spiro atoms. The normalized spacial score (nSPS) is 43.2. The second kappa shape index (κ2) is 3.22. The van der Waals surface area contributed by atoms with Crippen molar-refractivity contribution in [1.29, 1.82) is 0 Å². The largest absolute Gasteiger partial charge is 0.381 e. The smallest absolute Gasteiger partial charge is 0.0590 e. The average molecular weight is 279 g/mol. The molecule has 3 saturated carbocycles. The Morgan fingerprint density at radius 3 is 2.69 bits per heavy atom. The van der Waals surface area contributed by atoms with Gasteiger partial charge in [0, 0.05) is 18.4 Å². The Morgan fingerprint density at radius 1 is 1.25 bits per heavy atom. The maximum atomic E-state index is 4.10. The third-order valence-electron chi connectivity index (χ3n) is 4.83. The number of hydrogen-bond donors (Lipinski definition) is 1. The summed E-state index contributed by atoms with van der Waals surface area (Å²) in [5.74, 6) is 4.04. The third-order valence-corrected chi connectivity index (χ3v) is 5.46. The maximum absolute atomic E-state index is 4.10. The first-order valence-electron chi connectivity index (χ1n) is 6.20. The SMILES string of the molecule is Brc1cnccc1NC1C2C3CCC(C3)C12. The minimum absolute atomic E-state index is 0.755. The van der Waals surface area contributed by atoms with Gasteiger partial charge in [0.25, 0.3) is 0 Å². The lowest BCUT2D eigenvalue weighted by atomic mass is 10.0. The molecule has 3 aliphatic carbocycles. The van der Waals surface area contributed by atoms with Gasteiger partial charge in [-0.3, -0.25) is 4.98 Å². The summed E-state index contributed by atoms with van der Waals surface area (Å²) < 4.78 is 1.09. The van der Waals surface area contributed by atoms with Crippen LogP contribution in [-0.2, 0) is 0 Å². The number of aromatic nitrogens is 1. The standard InChI is InChI=1S/C13H15BrN2/c14-9-6-15-4-3-10(9)16-13-11-7-1-2-8(5-7)12(11)13/h3-4,6-8,11-13H,1-2,5H2,(H,15,16). The number of pyridine rings is 1. The van der Waals surface area contributed by atoms with Gasteiger partial charge in [0.2, 0.25) is 0 Å². The summed E-state index contributed by atoms with van der Waals surface area (Å²) in [6, 6.07) is 2.82. The van der Waals surface area contributed by atoms with Gasteiger partial charge in [0.15, 0.2) is 0 Å². The van der Waals surface area contributed by atoms with E-state index in [0.717, 1.165) is 34.2 Å². The van der Waals surface area contributed by atoms with Crippen molar-refractivity contribution in [2.24, 2.45) is 23.7 Å². The van der Waals surface area contributed by atoms with E-state index >= 15 is 0 Å². The minimum Gasteiger partial charge on any atom is -0.381 e. The summed E-state index contributed by atoms with van der Waals surface area (Å²) in [6.07, 6.45) is 8.23. The molecule has 1 aromatic heterocycles. The fourth-order valence-corrected chi connectivity index (χ4v) is 4.56. The van der Waals surface area contributed by atoms with Crippen LogP contribution in [0, 0.1) is 23.7 Å². The first-order valence-corrected chi connectivity index (χ1v) is 7.00. The van der Waals surface area contributed by atoms with Crippen molar-refractivity contribution in [2.45, 2.75) is 25.3 Å². The molecule has 16 heavy (non-hydrogen) atoms. The molecule has 2 nitrogen and oxygen atoms in total. The number of hydrogen-bond acceptors (Lipinski definition) is 2. The van der Waals surface area contributed by atoms with Gasteiger partial charge in [0.1, 0.15) is 0 Å². The molecule has 0 aliphatic heterocycles. The Hall–Kier alpha value is -0.570. The van der Waals surface area contributed by atoms with Gasteiger partial charge in [-0.15, -0.1) is 0 Å². The molecule has 84 valence electrons.